The van der Waals surface area contributed by atoms with Crippen LogP contribution in [0.3, 0.4) is 0 Å². The van der Waals surface area contributed by atoms with E-state index in [-0.39, 0.29) is 5.91 Å². The lowest BCUT2D eigenvalue weighted by Crippen LogP contribution is -2.35. The molecule has 2 aromatic rings. The first kappa shape index (κ1) is 16.4. The van der Waals surface area contributed by atoms with Gasteiger partial charge in [-0.15, -0.1) is 0 Å². The van der Waals surface area contributed by atoms with E-state index in [1.807, 2.05) is 32.9 Å². The van der Waals surface area contributed by atoms with Crippen LogP contribution in [0.4, 0.5) is 4.79 Å². The summed E-state index contributed by atoms with van der Waals surface area (Å²) in [4.78, 5) is 30.7. The molecule has 128 valence electrons. The quantitative estimate of drug-likeness (QED) is 0.908. The number of fused-ring (bicyclic) bond motifs is 1. The van der Waals surface area contributed by atoms with Gasteiger partial charge in [-0.25, -0.2) is 9.36 Å². The van der Waals surface area contributed by atoms with Crippen molar-refractivity contribution >= 4 is 23.0 Å². The molecule has 0 saturated carbocycles. The first-order valence-corrected chi connectivity index (χ1v) is 7.99. The zero-order valence-electron chi connectivity index (χ0n) is 14.2. The van der Waals surface area contributed by atoms with Gasteiger partial charge in [-0.2, -0.15) is 0 Å². The van der Waals surface area contributed by atoms with E-state index in [1.165, 1.54) is 4.57 Å². The molecule has 2 aromatic heterocycles. The Morgan fingerprint density at radius 3 is 2.83 bits per heavy atom. The highest BCUT2D eigenvalue weighted by atomic mass is 16.6. The van der Waals surface area contributed by atoms with E-state index in [2.05, 4.69) is 4.98 Å². The van der Waals surface area contributed by atoms with Crippen molar-refractivity contribution in [2.75, 3.05) is 6.54 Å². The van der Waals surface area contributed by atoms with Crippen LogP contribution in [0.15, 0.2) is 24.4 Å². The Hall–Kier alpha value is -2.41. The van der Waals surface area contributed by atoms with E-state index in [4.69, 9.17) is 10.5 Å². The van der Waals surface area contributed by atoms with Crippen LogP contribution in [0, 0.1) is 0 Å². The molecule has 1 fully saturated rings. The van der Waals surface area contributed by atoms with Gasteiger partial charge >= 0.3 is 6.09 Å². The first-order chi connectivity index (χ1) is 11.3. The molecule has 7 nitrogen and oxygen atoms in total. The Kier molecular flexibility index (Phi) is 4.04. The monoisotopic (exact) mass is 330 g/mol. The van der Waals surface area contributed by atoms with Crippen LogP contribution < -0.4 is 5.73 Å². The molecule has 1 aliphatic rings. The summed E-state index contributed by atoms with van der Waals surface area (Å²) in [5.41, 5.74) is 7.19. The molecule has 24 heavy (non-hydrogen) atoms. The Morgan fingerprint density at radius 1 is 1.46 bits per heavy atom. The average molecular weight is 330 g/mol. The molecule has 1 aliphatic heterocycles. The fourth-order valence-corrected chi connectivity index (χ4v) is 2.84. The lowest BCUT2D eigenvalue weighted by Gasteiger charge is -2.22. The average Bonchev–Trinajstić information content (AvgIpc) is 3.00. The molecule has 3 rings (SSSR count). The van der Waals surface area contributed by atoms with Gasteiger partial charge in [0.05, 0.1) is 29.3 Å². The molecule has 0 aliphatic carbocycles. The van der Waals surface area contributed by atoms with Gasteiger partial charge in [-0.1, -0.05) is 0 Å². The van der Waals surface area contributed by atoms with E-state index in [9.17, 15) is 9.59 Å². The molecule has 0 unspecified atom stereocenters. The van der Waals surface area contributed by atoms with E-state index in [1.54, 1.807) is 17.2 Å². The summed E-state index contributed by atoms with van der Waals surface area (Å²) in [6.07, 6.45) is 1.82. The maximum atomic E-state index is 12.7. The Morgan fingerprint density at radius 2 is 2.21 bits per heavy atom. The third-order valence-corrected chi connectivity index (χ3v) is 3.92. The highest BCUT2D eigenvalue weighted by molar-refractivity contribution is 5.89. The van der Waals surface area contributed by atoms with Crippen molar-refractivity contribution in [2.24, 2.45) is 5.73 Å². The first-order valence-electron chi connectivity index (χ1n) is 7.99. The van der Waals surface area contributed by atoms with Crippen molar-refractivity contribution < 1.29 is 14.3 Å². The molecular weight excluding hydrogens is 308 g/mol. The number of carbonyl (C=O) groups excluding carboxylic acids is 2. The topological polar surface area (TPSA) is 90.5 Å². The van der Waals surface area contributed by atoms with Gasteiger partial charge in [-0.3, -0.25) is 9.78 Å². The van der Waals surface area contributed by atoms with Crippen molar-refractivity contribution in [2.45, 2.75) is 45.4 Å². The van der Waals surface area contributed by atoms with Crippen LogP contribution >= 0.6 is 0 Å². The van der Waals surface area contributed by atoms with Crippen LogP contribution in [-0.4, -0.2) is 44.6 Å². The summed E-state index contributed by atoms with van der Waals surface area (Å²) in [6.45, 7) is 6.35. The second-order valence-corrected chi connectivity index (χ2v) is 7.01. The molecule has 1 amide bonds. The van der Waals surface area contributed by atoms with Gasteiger partial charge < -0.3 is 15.4 Å². The third-order valence-electron chi connectivity index (χ3n) is 3.92. The van der Waals surface area contributed by atoms with Crippen molar-refractivity contribution in [3.05, 3.63) is 30.1 Å². The van der Waals surface area contributed by atoms with E-state index < -0.39 is 17.7 Å². The highest BCUT2D eigenvalue weighted by Crippen LogP contribution is 2.23. The van der Waals surface area contributed by atoms with Gasteiger partial charge in [0.2, 0.25) is 5.91 Å². The molecule has 0 aromatic carbocycles. The maximum absolute atomic E-state index is 12.7. The summed E-state index contributed by atoms with van der Waals surface area (Å²) in [6, 6.07) is 4.94. The number of nitrogens with zero attached hydrogens (tertiary/aromatic N) is 3. The van der Waals surface area contributed by atoms with Crippen molar-refractivity contribution in [1.29, 1.82) is 0 Å². The predicted molar refractivity (Wildman–Crippen MR) is 89.4 cm³/mol. The van der Waals surface area contributed by atoms with E-state index in [0.29, 0.717) is 36.2 Å². The van der Waals surface area contributed by atoms with Crippen molar-refractivity contribution in [3.63, 3.8) is 0 Å². The molecule has 1 atom stereocenters. The summed E-state index contributed by atoms with van der Waals surface area (Å²) >= 11 is 0. The fraction of sp³-hybridized carbons (Fsp3) is 0.471. The number of hydrogen-bond donors (Lipinski definition) is 1. The number of ether oxygens (including phenoxy) is 1. The number of pyridine rings is 1. The van der Waals surface area contributed by atoms with Crippen LogP contribution in [-0.2, 0) is 16.1 Å². The Labute approximate surface area is 140 Å². The minimum atomic E-state index is -0.612. The number of aromatic nitrogens is 2. The van der Waals surface area contributed by atoms with E-state index >= 15 is 0 Å². The molecule has 7 heteroatoms. The zero-order valence-corrected chi connectivity index (χ0v) is 14.2. The second kappa shape index (κ2) is 5.90. The summed E-state index contributed by atoms with van der Waals surface area (Å²) in [5, 5.41) is 0. The molecule has 0 spiro atoms. The second-order valence-electron chi connectivity index (χ2n) is 7.01. The maximum Gasteiger partial charge on any atom is 0.419 e. The van der Waals surface area contributed by atoms with Gasteiger partial charge in [-0.05, 0) is 45.4 Å². The zero-order chi connectivity index (χ0) is 17.5. The fourth-order valence-electron chi connectivity index (χ4n) is 2.84. The number of nitrogens with two attached hydrogens (primary N) is 1. The van der Waals surface area contributed by atoms with Crippen molar-refractivity contribution in [3.8, 4) is 0 Å². The molecule has 0 radical (unpaired) electrons. The van der Waals surface area contributed by atoms with Gasteiger partial charge in [0.1, 0.15) is 5.60 Å². The Balaban J connectivity index is 1.99. The molecule has 0 bridgehead atoms. The third kappa shape index (κ3) is 3.12. The minimum absolute atomic E-state index is 0.0936. The number of carbonyl (C=O) groups is 2. The summed E-state index contributed by atoms with van der Waals surface area (Å²) in [5.74, 6) is -0.0936. The van der Waals surface area contributed by atoms with Crippen LogP contribution in [0.1, 0.15) is 32.9 Å². The number of rotatable bonds is 2. The van der Waals surface area contributed by atoms with E-state index in [0.717, 1.165) is 0 Å². The number of likely N-dealkylation sites (tertiary alicyclic amines) is 1. The molecular formula is C17H22N4O3. The SMILES string of the molecule is CC(C)(C)OC(=O)n1c(CN2CC[C@H](N)C2=O)cc2ncccc21. The Bertz CT molecular complexity index is 791. The summed E-state index contributed by atoms with van der Waals surface area (Å²) < 4.78 is 7.00. The molecule has 1 saturated heterocycles. The molecule has 2 N–H and O–H groups in total. The highest BCUT2D eigenvalue weighted by Gasteiger charge is 2.30. The molecule has 3 heterocycles. The predicted octanol–water partition coefficient (Wildman–Crippen LogP) is 1.88. The smallest absolute Gasteiger partial charge is 0.419 e. The largest absolute Gasteiger partial charge is 0.443 e. The lowest BCUT2D eigenvalue weighted by atomic mass is 10.2. The standard InChI is InChI=1S/C17H22N4O3/c1-17(2,3)24-16(23)21-11(9-13-14(21)5-4-7-19-13)10-20-8-6-12(18)15(20)22/h4-5,7,9,12H,6,8,10,18H2,1-3H3/t12-/m0/s1. The van der Waals surface area contributed by atoms with Crippen molar-refractivity contribution in [1.82, 2.24) is 14.5 Å². The normalized spacial score (nSPS) is 18.4. The number of amides is 1. The van der Waals surface area contributed by atoms with Crippen LogP contribution in [0.5, 0.6) is 0 Å². The summed E-state index contributed by atoms with van der Waals surface area (Å²) in [7, 11) is 0. The van der Waals surface area contributed by atoms with Crippen LogP contribution in [0.2, 0.25) is 0 Å². The van der Waals surface area contributed by atoms with Gasteiger partial charge in [0.15, 0.2) is 0 Å². The minimum Gasteiger partial charge on any atom is -0.443 e. The lowest BCUT2D eigenvalue weighted by molar-refractivity contribution is -0.129. The van der Waals surface area contributed by atoms with Crippen LogP contribution in [0.25, 0.3) is 11.0 Å². The number of hydrogen-bond acceptors (Lipinski definition) is 5. The van der Waals surface area contributed by atoms with Gasteiger partial charge in [0, 0.05) is 12.7 Å². The van der Waals surface area contributed by atoms with Gasteiger partial charge in [0.25, 0.3) is 0 Å².